The molecule has 0 aliphatic heterocycles. The minimum atomic E-state index is -4.96. The molecule has 582 valence electrons. The summed E-state index contributed by atoms with van der Waals surface area (Å²) < 4.78 is 68.6. The van der Waals surface area contributed by atoms with Crippen molar-refractivity contribution in [1.29, 1.82) is 0 Å². The highest BCUT2D eigenvalue weighted by Crippen LogP contribution is 2.45. The number of esters is 4. The summed E-state index contributed by atoms with van der Waals surface area (Å²) in [6, 6.07) is 0. The topological polar surface area (TPSA) is 237 Å². The van der Waals surface area contributed by atoms with Gasteiger partial charge in [0.1, 0.15) is 19.3 Å². The van der Waals surface area contributed by atoms with Gasteiger partial charge in [0.2, 0.25) is 0 Å². The Morgan fingerprint density at radius 3 is 0.724 bits per heavy atom. The molecule has 6 atom stereocenters. The molecule has 0 rings (SSSR count). The predicted molar refractivity (Wildman–Crippen MR) is 400 cm³/mol. The predicted octanol–water partition coefficient (Wildman–Crippen LogP) is 23.6. The van der Waals surface area contributed by atoms with E-state index in [0.717, 1.165) is 102 Å². The number of phosphoric acid groups is 2. The van der Waals surface area contributed by atoms with Crippen molar-refractivity contribution >= 4 is 39.5 Å². The van der Waals surface area contributed by atoms with Gasteiger partial charge in [0.05, 0.1) is 26.4 Å². The van der Waals surface area contributed by atoms with E-state index in [1.54, 1.807) is 0 Å². The molecule has 0 aliphatic rings. The van der Waals surface area contributed by atoms with Gasteiger partial charge in [-0.05, 0) is 31.6 Å². The summed E-state index contributed by atoms with van der Waals surface area (Å²) in [5.41, 5.74) is 0. The van der Waals surface area contributed by atoms with E-state index in [1.807, 2.05) is 0 Å². The number of hydrogen-bond acceptors (Lipinski definition) is 15. The minimum absolute atomic E-state index is 0.107. The Labute approximate surface area is 600 Å². The van der Waals surface area contributed by atoms with Crippen LogP contribution in [0.15, 0.2) is 0 Å². The number of unbranched alkanes of at least 4 members (excludes halogenated alkanes) is 50. The number of aliphatic hydroxyl groups excluding tert-OH is 1. The molecule has 0 saturated heterocycles. The third-order valence-corrected chi connectivity index (χ3v) is 20.8. The molecule has 0 saturated carbocycles. The van der Waals surface area contributed by atoms with Gasteiger partial charge >= 0.3 is 39.5 Å². The third kappa shape index (κ3) is 71.1. The van der Waals surface area contributed by atoms with Crippen LogP contribution in [0.4, 0.5) is 0 Å². The van der Waals surface area contributed by atoms with Gasteiger partial charge in [0, 0.05) is 25.7 Å². The standard InChI is InChI=1S/C79H154O17P2/c1-6-10-13-16-19-22-25-28-30-32-33-34-36-39-42-45-48-55-60-65-78(83)95-74(68-89-76(81)62-57-52-46-43-40-38-35-31-29-26-23-20-17-14-11-7-2)70-93-97(85,86)91-66-73(80)67-92-98(87,88)94-71-75(69-90-77(82)63-58-53-50-49-51-56-61-72(5)9-4)96-79(84)64-59-54-47-44-41-37-27-24-21-18-15-12-8-3/h72-75,80H,6-71H2,1-5H3,(H,85,86)(H,87,88)/t72?,73-,74-,75-/m1/s1. The van der Waals surface area contributed by atoms with Crippen molar-refractivity contribution in [2.75, 3.05) is 39.6 Å². The molecule has 0 spiro atoms. The smallest absolute Gasteiger partial charge is 0.462 e. The Kier molecular flexibility index (Phi) is 70.6. The van der Waals surface area contributed by atoms with Crippen LogP contribution in [0.2, 0.25) is 0 Å². The Hall–Kier alpha value is -1.94. The number of rotatable bonds is 79. The first-order valence-corrected chi connectivity index (χ1v) is 44.2. The van der Waals surface area contributed by atoms with Gasteiger partial charge in [0.25, 0.3) is 0 Å². The van der Waals surface area contributed by atoms with Gasteiger partial charge < -0.3 is 33.8 Å². The molecule has 17 nitrogen and oxygen atoms in total. The van der Waals surface area contributed by atoms with Gasteiger partial charge in [-0.1, -0.05) is 369 Å². The second-order valence-electron chi connectivity index (χ2n) is 28.7. The lowest BCUT2D eigenvalue weighted by Gasteiger charge is -2.21. The van der Waals surface area contributed by atoms with Gasteiger partial charge in [-0.15, -0.1) is 0 Å². The van der Waals surface area contributed by atoms with Gasteiger partial charge in [-0.2, -0.15) is 0 Å². The van der Waals surface area contributed by atoms with Crippen LogP contribution in [0.3, 0.4) is 0 Å². The number of carbonyl (C=O) groups is 4. The highest BCUT2D eigenvalue weighted by atomic mass is 31.2. The Balaban J connectivity index is 5.23. The van der Waals surface area contributed by atoms with Crippen molar-refractivity contribution in [3.05, 3.63) is 0 Å². The first-order valence-electron chi connectivity index (χ1n) is 41.2. The summed E-state index contributed by atoms with van der Waals surface area (Å²) in [5, 5.41) is 10.6. The zero-order valence-electron chi connectivity index (χ0n) is 63.9. The number of aliphatic hydroxyl groups is 1. The van der Waals surface area contributed by atoms with Gasteiger partial charge in [0.15, 0.2) is 12.2 Å². The fraction of sp³-hybridized carbons (Fsp3) is 0.949. The average molecular weight is 1440 g/mol. The fourth-order valence-corrected chi connectivity index (χ4v) is 13.8. The van der Waals surface area contributed by atoms with E-state index in [2.05, 4.69) is 34.6 Å². The summed E-state index contributed by atoms with van der Waals surface area (Å²) in [6.45, 7) is 7.28. The molecule has 0 aromatic heterocycles. The van der Waals surface area contributed by atoms with E-state index in [9.17, 15) is 43.2 Å². The SMILES string of the molecule is CCCCCCCCCCCCCCCCCCCCCC(=O)O[C@H](COC(=O)CCCCCCCCCCCCCCCCCC)COP(=O)(O)OC[C@@H](O)COP(=O)(O)OC[C@@H](COC(=O)CCCCCCCCC(C)CC)OC(=O)CCCCCCCCCCCCCCC. The van der Waals surface area contributed by atoms with E-state index in [-0.39, 0.29) is 25.7 Å². The summed E-state index contributed by atoms with van der Waals surface area (Å²) in [5.74, 6) is -1.38. The third-order valence-electron chi connectivity index (χ3n) is 18.9. The van der Waals surface area contributed by atoms with E-state index in [4.69, 9.17) is 37.0 Å². The molecule has 19 heteroatoms. The minimum Gasteiger partial charge on any atom is -0.462 e. The molecule has 0 aromatic rings. The molecule has 0 fully saturated rings. The maximum atomic E-state index is 13.1. The average Bonchev–Trinajstić information content (AvgIpc) is 1.01. The molecule has 0 amide bonds. The molecule has 0 radical (unpaired) electrons. The monoisotopic (exact) mass is 1440 g/mol. The summed E-state index contributed by atoms with van der Waals surface area (Å²) in [6.07, 6.45) is 62.4. The van der Waals surface area contributed by atoms with Crippen LogP contribution >= 0.6 is 15.6 Å². The van der Waals surface area contributed by atoms with Crippen LogP contribution < -0.4 is 0 Å². The first-order chi connectivity index (χ1) is 47.6. The molecule has 3 unspecified atom stereocenters. The van der Waals surface area contributed by atoms with Crippen molar-refractivity contribution in [1.82, 2.24) is 0 Å². The molecule has 0 bridgehead atoms. The Bertz CT molecular complexity index is 1880. The lowest BCUT2D eigenvalue weighted by Crippen LogP contribution is -2.30. The van der Waals surface area contributed by atoms with Gasteiger partial charge in [-0.3, -0.25) is 37.3 Å². The summed E-state index contributed by atoms with van der Waals surface area (Å²) in [7, 11) is -9.91. The van der Waals surface area contributed by atoms with Crippen molar-refractivity contribution in [2.24, 2.45) is 5.92 Å². The van der Waals surface area contributed by atoms with Crippen LogP contribution in [0.5, 0.6) is 0 Å². The van der Waals surface area contributed by atoms with Crippen LogP contribution in [0.25, 0.3) is 0 Å². The molecule has 98 heavy (non-hydrogen) atoms. The molecule has 0 aromatic carbocycles. The molecule has 0 aliphatic carbocycles. The fourth-order valence-electron chi connectivity index (χ4n) is 12.2. The largest absolute Gasteiger partial charge is 0.472 e. The normalized spacial score (nSPS) is 14.2. The zero-order valence-corrected chi connectivity index (χ0v) is 65.7. The number of hydrogen-bond donors (Lipinski definition) is 3. The number of ether oxygens (including phenoxy) is 4. The Morgan fingerprint density at radius 2 is 0.490 bits per heavy atom. The number of phosphoric ester groups is 2. The van der Waals surface area contributed by atoms with Crippen molar-refractivity contribution in [3.63, 3.8) is 0 Å². The van der Waals surface area contributed by atoms with Crippen molar-refractivity contribution in [2.45, 2.75) is 438 Å². The maximum absolute atomic E-state index is 13.1. The zero-order chi connectivity index (χ0) is 71.9. The quantitative estimate of drug-likeness (QED) is 0.0222. The lowest BCUT2D eigenvalue weighted by atomic mass is 10.00. The second kappa shape index (κ2) is 72.0. The van der Waals surface area contributed by atoms with Crippen LogP contribution in [-0.4, -0.2) is 96.7 Å². The molecular formula is C79H154O17P2. The molecule has 0 heterocycles. The van der Waals surface area contributed by atoms with E-state index in [0.29, 0.717) is 25.7 Å². The van der Waals surface area contributed by atoms with Crippen LogP contribution in [0, 0.1) is 5.92 Å². The second-order valence-corrected chi connectivity index (χ2v) is 31.6. The Morgan fingerprint density at radius 1 is 0.286 bits per heavy atom. The lowest BCUT2D eigenvalue weighted by molar-refractivity contribution is -0.161. The summed E-state index contributed by atoms with van der Waals surface area (Å²) >= 11 is 0. The van der Waals surface area contributed by atoms with Crippen molar-refractivity contribution in [3.8, 4) is 0 Å². The number of carbonyl (C=O) groups excluding carboxylic acids is 4. The van der Waals surface area contributed by atoms with Gasteiger partial charge in [-0.25, -0.2) is 9.13 Å². The summed E-state index contributed by atoms with van der Waals surface area (Å²) in [4.78, 5) is 72.9. The van der Waals surface area contributed by atoms with Crippen molar-refractivity contribution < 1.29 is 80.2 Å². The highest BCUT2D eigenvalue weighted by Gasteiger charge is 2.30. The highest BCUT2D eigenvalue weighted by molar-refractivity contribution is 7.47. The van der Waals surface area contributed by atoms with E-state index in [1.165, 1.54) is 238 Å². The maximum Gasteiger partial charge on any atom is 0.472 e. The first kappa shape index (κ1) is 96.1. The van der Waals surface area contributed by atoms with E-state index < -0.39 is 97.5 Å². The molecular weight excluding hydrogens is 1280 g/mol. The van der Waals surface area contributed by atoms with Crippen LogP contribution in [-0.2, 0) is 65.4 Å². The van der Waals surface area contributed by atoms with E-state index >= 15 is 0 Å². The van der Waals surface area contributed by atoms with Crippen LogP contribution in [0.1, 0.15) is 420 Å². The molecule has 3 N–H and O–H groups in total.